The lowest BCUT2D eigenvalue weighted by molar-refractivity contribution is -0.113. The average Bonchev–Trinajstić information content (AvgIpc) is 3.32. The van der Waals surface area contributed by atoms with Crippen LogP contribution in [0.2, 0.25) is 5.02 Å². The molecule has 1 amide bonds. The van der Waals surface area contributed by atoms with Gasteiger partial charge in [-0.3, -0.25) is 4.79 Å². The Balaban J connectivity index is 1.65. The minimum Gasteiger partial charge on any atom is -0.495 e. The van der Waals surface area contributed by atoms with Crippen LogP contribution in [-0.4, -0.2) is 40.6 Å². The van der Waals surface area contributed by atoms with Crippen molar-refractivity contribution in [3.8, 4) is 11.5 Å². The van der Waals surface area contributed by atoms with Gasteiger partial charge in [-0.05, 0) is 12.8 Å². The lowest BCUT2D eigenvalue weighted by Gasteiger charge is -2.13. The summed E-state index contributed by atoms with van der Waals surface area (Å²) in [4.78, 5) is 12.2. The van der Waals surface area contributed by atoms with Gasteiger partial charge < -0.3 is 19.4 Å². The van der Waals surface area contributed by atoms with Crippen LogP contribution < -0.4 is 14.8 Å². The van der Waals surface area contributed by atoms with E-state index >= 15 is 0 Å². The number of aromatic nitrogens is 3. The van der Waals surface area contributed by atoms with E-state index in [-0.39, 0.29) is 11.7 Å². The van der Waals surface area contributed by atoms with Gasteiger partial charge >= 0.3 is 0 Å². The summed E-state index contributed by atoms with van der Waals surface area (Å²) in [5.74, 6) is 0.988. The number of thioether (sulfide) groups is 1. The van der Waals surface area contributed by atoms with Gasteiger partial charge in [-0.1, -0.05) is 23.4 Å². The van der Waals surface area contributed by atoms with Crippen LogP contribution in [0, 0.1) is 0 Å². The maximum absolute atomic E-state index is 12.2. The van der Waals surface area contributed by atoms with Gasteiger partial charge in [0, 0.05) is 18.2 Å². The Morgan fingerprint density at radius 2 is 2.12 bits per heavy atom. The van der Waals surface area contributed by atoms with Gasteiger partial charge in [0.05, 0.1) is 30.7 Å². The van der Waals surface area contributed by atoms with Crippen LogP contribution in [0.5, 0.6) is 11.5 Å². The van der Waals surface area contributed by atoms with Crippen molar-refractivity contribution in [1.82, 2.24) is 14.8 Å². The number of amides is 1. The second kappa shape index (κ2) is 7.31. The summed E-state index contributed by atoms with van der Waals surface area (Å²) in [5, 5.41) is 12.0. The first-order valence-electron chi connectivity index (χ1n) is 7.36. The van der Waals surface area contributed by atoms with Gasteiger partial charge in [0.2, 0.25) is 5.91 Å². The lowest BCUT2D eigenvalue weighted by Crippen LogP contribution is -2.15. The molecule has 1 aliphatic rings. The normalized spacial score (nSPS) is 13.6. The van der Waals surface area contributed by atoms with Gasteiger partial charge in [-0.15, -0.1) is 10.2 Å². The summed E-state index contributed by atoms with van der Waals surface area (Å²) in [7, 11) is 3.03. The fourth-order valence-corrected chi connectivity index (χ4v) is 3.23. The second-order valence-corrected chi connectivity index (χ2v) is 6.63. The van der Waals surface area contributed by atoms with Crippen LogP contribution in [0.15, 0.2) is 23.6 Å². The van der Waals surface area contributed by atoms with Crippen molar-refractivity contribution >= 4 is 35.0 Å². The third-order valence-corrected chi connectivity index (χ3v) is 4.81. The van der Waals surface area contributed by atoms with Crippen molar-refractivity contribution in [2.24, 2.45) is 0 Å². The van der Waals surface area contributed by atoms with Crippen molar-refractivity contribution in [2.75, 3.05) is 25.3 Å². The molecule has 1 aromatic carbocycles. The highest BCUT2D eigenvalue weighted by atomic mass is 35.5. The van der Waals surface area contributed by atoms with Crippen LogP contribution >= 0.6 is 23.4 Å². The SMILES string of the molecule is COc1cc(NC(=O)CSc2nncn2C2CC2)c(OC)cc1Cl. The number of hydrogen-bond acceptors (Lipinski definition) is 6. The van der Waals surface area contributed by atoms with Crippen LogP contribution in [0.4, 0.5) is 5.69 Å². The van der Waals surface area contributed by atoms with Crippen molar-refractivity contribution in [2.45, 2.75) is 24.0 Å². The lowest BCUT2D eigenvalue weighted by atomic mass is 10.2. The first-order valence-corrected chi connectivity index (χ1v) is 8.72. The second-order valence-electron chi connectivity index (χ2n) is 5.28. The van der Waals surface area contributed by atoms with E-state index in [1.807, 2.05) is 4.57 Å². The molecule has 1 N–H and O–H groups in total. The minimum atomic E-state index is -0.173. The molecule has 2 aromatic rings. The highest BCUT2D eigenvalue weighted by Gasteiger charge is 2.26. The molecule has 1 heterocycles. The van der Waals surface area contributed by atoms with Gasteiger partial charge in [-0.25, -0.2) is 0 Å². The molecule has 7 nitrogen and oxygen atoms in total. The number of methoxy groups -OCH3 is 2. The number of carbonyl (C=O) groups excluding carboxylic acids is 1. The molecule has 3 rings (SSSR count). The van der Waals surface area contributed by atoms with E-state index in [1.54, 1.807) is 18.5 Å². The summed E-state index contributed by atoms with van der Waals surface area (Å²) in [6.07, 6.45) is 3.99. The Hall–Kier alpha value is -1.93. The summed E-state index contributed by atoms with van der Waals surface area (Å²) < 4.78 is 12.4. The van der Waals surface area contributed by atoms with E-state index in [9.17, 15) is 4.79 Å². The van der Waals surface area contributed by atoms with E-state index in [2.05, 4.69) is 15.5 Å². The molecule has 0 bridgehead atoms. The summed E-state index contributed by atoms with van der Waals surface area (Å²) >= 11 is 7.41. The highest BCUT2D eigenvalue weighted by molar-refractivity contribution is 7.99. The van der Waals surface area contributed by atoms with Crippen LogP contribution in [0.3, 0.4) is 0 Å². The van der Waals surface area contributed by atoms with Crippen molar-refractivity contribution in [1.29, 1.82) is 0 Å². The third kappa shape index (κ3) is 3.76. The number of ether oxygens (including phenoxy) is 2. The predicted octanol–water partition coefficient (Wildman–Crippen LogP) is 3.01. The molecule has 1 fully saturated rings. The maximum atomic E-state index is 12.2. The fraction of sp³-hybridized carbons (Fsp3) is 0.400. The van der Waals surface area contributed by atoms with Crippen molar-refractivity contribution in [3.63, 3.8) is 0 Å². The number of benzene rings is 1. The third-order valence-electron chi connectivity index (χ3n) is 3.56. The first-order chi connectivity index (χ1) is 11.6. The molecule has 0 spiro atoms. The highest BCUT2D eigenvalue weighted by Crippen LogP contribution is 2.38. The van der Waals surface area contributed by atoms with Crippen molar-refractivity contribution < 1.29 is 14.3 Å². The standard InChI is InChI=1S/C15H17ClN4O3S/c1-22-12-6-11(13(23-2)5-10(12)16)18-14(21)7-24-15-19-17-8-20(15)9-3-4-9/h5-6,8-9H,3-4,7H2,1-2H3,(H,18,21). The maximum Gasteiger partial charge on any atom is 0.234 e. The molecule has 1 aliphatic carbocycles. The van der Waals surface area contributed by atoms with Gasteiger partial charge in [0.15, 0.2) is 5.16 Å². The number of nitrogens with zero attached hydrogens (tertiary/aromatic N) is 3. The van der Waals surface area contributed by atoms with E-state index in [4.69, 9.17) is 21.1 Å². The van der Waals surface area contributed by atoms with Crippen LogP contribution in [-0.2, 0) is 4.79 Å². The van der Waals surface area contributed by atoms with E-state index < -0.39 is 0 Å². The first kappa shape index (κ1) is 16.9. The molecular weight excluding hydrogens is 352 g/mol. The zero-order chi connectivity index (χ0) is 17.1. The van der Waals surface area contributed by atoms with Crippen LogP contribution in [0.25, 0.3) is 0 Å². The van der Waals surface area contributed by atoms with Crippen molar-refractivity contribution in [3.05, 3.63) is 23.5 Å². The van der Waals surface area contributed by atoms with Gasteiger partial charge in [0.25, 0.3) is 0 Å². The number of hydrogen-bond donors (Lipinski definition) is 1. The molecule has 0 aliphatic heterocycles. The smallest absolute Gasteiger partial charge is 0.234 e. The summed E-state index contributed by atoms with van der Waals surface area (Å²) in [6.45, 7) is 0. The zero-order valence-electron chi connectivity index (χ0n) is 13.3. The Morgan fingerprint density at radius 1 is 1.38 bits per heavy atom. The topological polar surface area (TPSA) is 78.3 Å². The molecule has 1 aromatic heterocycles. The summed E-state index contributed by atoms with van der Waals surface area (Å²) in [6, 6.07) is 3.72. The number of nitrogens with one attached hydrogen (secondary N) is 1. The van der Waals surface area contributed by atoms with E-state index in [0.717, 1.165) is 18.0 Å². The number of anilines is 1. The van der Waals surface area contributed by atoms with E-state index in [0.29, 0.717) is 28.3 Å². The minimum absolute atomic E-state index is 0.173. The molecule has 24 heavy (non-hydrogen) atoms. The molecule has 0 radical (unpaired) electrons. The number of rotatable bonds is 7. The predicted molar refractivity (Wildman–Crippen MR) is 92.2 cm³/mol. The molecule has 1 saturated carbocycles. The number of halogens is 1. The number of carbonyl (C=O) groups is 1. The van der Waals surface area contributed by atoms with Crippen LogP contribution in [0.1, 0.15) is 18.9 Å². The van der Waals surface area contributed by atoms with E-state index in [1.165, 1.54) is 26.0 Å². The van der Waals surface area contributed by atoms with Gasteiger partial charge in [-0.2, -0.15) is 0 Å². The molecule has 9 heteroatoms. The largest absolute Gasteiger partial charge is 0.495 e. The Labute approximate surface area is 148 Å². The molecule has 128 valence electrons. The Bertz CT molecular complexity index is 748. The summed E-state index contributed by atoms with van der Waals surface area (Å²) in [5.41, 5.74) is 0.507. The fourth-order valence-electron chi connectivity index (χ4n) is 2.21. The molecular formula is C15H17ClN4O3S. The molecule has 0 saturated heterocycles. The Kier molecular flexibility index (Phi) is 5.15. The Morgan fingerprint density at radius 3 is 2.79 bits per heavy atom. The molecule has 0 unspecified atom stereocenters. The average molecular weight is 369 g/mol. The quantitative estimate of drug-likeness (QED) is 0.757. The molecule has 0 atom stereocenters. The van der Waals surface area contributed by atoms with Gasteiger partial charge in [0.1, 0.15) is 17.8 Å². The monoisotopic (exact) mass is 368 g/mol. The zero-order valence-corrected chi connectivity index (χ0v) is 14.9.